The smallest absolute Gasteiger partial charge is 0.507 e. The van der Waals surface area contributed by atoms with Crippen molar-refractivity contribution in [2.24, 2.45) is 4.99 Å². The molecule has 0 saturated carbocycles. The van der Waals surface area contributed by atoms with E-state index in [1.54, 1.807) is 6.92 Å². The topological polar surface area (TPSA) is 99.4 Å². The van der Waals surface area contributed by atoms with Crippen LogP contribution in [0.2, 0.25) is 0 Å². The number of nitrogens with zero attached hydrogens (tertiary/aromatic N) is 1. The van der Waals surface area contributed by atoms with Crippen LogP contribution in [0.3, 0.4) is 0 Å². The van der Waals surface area contributed by atoms with Crippen molar-refractivity contribution < 1.29 is 24.9 Å². The average Bonchev–Trinajstić information content (AvgIpc) is 2.59. The van der Waals surface area contributed by atoms with Gasteiger partial charge in [0, 0.05) is 11.6 Å². The Bertz CT molecular complexity index is 530. The van der Waals surface area contributed by atoms with Gasteiger partial charge in [0.05, 0.1) is 5.75 Å². The third-order valence-electron chi connectivity index (χ3n) is 2.33. The van der Waals surface area contributed by atoms with Gasteiger partial charge in [-0.1, -0.05) is 11.8 Å². The molecule has 1 heterocycles. The lowest BCUT2D eigenvalue weighted by atomic mass is 10.2. The summed E-state index contributed by atoms with van der Waals surface area (Å²) in [7, 11) is 0. The number of phenols is 2. The van der Waals surface area contributed by atoms with Crippen LogP contribution in [0.5, 0.6) is 11.5 Å². The number of hydrogen-bond donors (Lipinski definition) is 3. The van der Waals surface area contributed by atoms with Gasteiger partial charge in [-0.15, -0.1) is 0 Å². The van der Waals surface area contributed by atoms with E-state index >= 15 is 0 Å². The Hall–Kier alpha value is -1.89. The Kier molecular flexibility index (Phi) is 3.08. The molecule has 0 spiro atoms. The Morgan fingerprint density at radius 2 is 2.22 bits per heavy atom. The maximum Gasteiger partial charge on any atom is 0.507 e. The summed E-state index contributed by atoms with van der Waals surface area (Å²) in [5.41, 5.74) is -0.702. The number of hydrogen-bond acceptors (Lipinski definition) is 6. The Morgan fingerprint density at radius 3 is 2.83 bits per heavy atom. The summed E-state index contributed by atoms with van der Waals surface area (Å²) in [5.74, 6) is 0.180. The standard InChI is InChI=1S/C11H11NO5S/c1-11(17-10(15)16)5-18-9(12-11)7-3-2-6(13)4-8(7)14/h2-4,13-14H,5H2,1H3,(H,15,16)/t11-/m0/s1. The number of benzene rings is 1. The van der Waals surface area contributed by atoms with E-state index in [1.165, 1.54) is 30.0 Å². The maximum absolute atomic E-state index is 10.5. The lowest BCUT2D eigenvalue weighted by Gasteiger charge is -2.17. The summed E-state index contributed by atoms with van der Waals surface area (Å²) in [6.45, 7) is 1.55. The average molecular weight is 269 g/mol. The summed E-state index contributed by atoms with van der Waals surface area (Å²) >= 11 is 1.28. The van der Waals surface area contributed by atoms with Crippen LogP contribution in [0.1, 0.15) is 12.5 Å². The van der Waals surface area contributed by atoms with Crippen LogP contribution in [-0.4, -0.2) is 38.0 Å². The molecule has 0 unspecified atom stereocenters. The van der Waals surface area contributed by atoms with Crippen molar-refractivity contribution in [1.82, 2.24) is 0 Å². The number of aromatic hydroxyl groups is 2. The highest BCUT2D eigenvalue weighted by atomic mass is 32.2. The van der Waals surface area contributed by atoms with Crippen LogP contribution >= 0.6 is 11.8 Å². The van der Waals surface area contributed by atoms with Crippen molar-refractivity contribution in [3.63, 3.8) is 0 Å². The lowest BCUT2D eigenvalue weighted by Crippen LogP contribution is -2.29. The molecule has 6 nitrogen and oxygen atoms in total. The molecule has 2 rings (SSSR count). The lowest BCUT2D eigenvalue weighted by molar-refractivity contribution is 0.0136. The van der Waals surface area contributed by atoms with Crippen molar-refractivity contribution in [2.45, 2.75) is 12.6 Å². The fourth-order valence-electron chi connectivity index (χ4n) is 1.56. The molecule has 0 radical (unpaired) electrons. The molecule has 1 atom stereocenters. The zero-order chi connectivity index (χ0) is 13.3. The second-order valence-electron chi connectivity index (χ2n) is 3.95. The molecule has 1 aromatic carbocycles. The van der Waals surface area contributed by atoms with Gasteiger partial charge in [-0.3, -0.25) is 0 Å². The van der Waals surface area contributed by atoms with E-state index in [-0.39, 0.29) is 11.5 Å². The van der Waals surface area contributed by atoms with E-state index in [0.29, 0.717) is 16.4 Å². The molecule has 1 aliphatic rings. The van der Waals surface area contributed by atoms with Gasteiger partial charge in [0.2, 0.25) is 5.72 Å². The number of carbonyl (C=O) groups is 1. The molecule has 0 bridgehead atoms. The Balaban J connectivity index is 2.30. The molecule has 96 valence electrons. The van der Waals surface area contributed by atoms with Crippen LogP contribution in [0, 0.1) is 0 Å². The highest BCUT2D eigenvalue weighted by Crippen LogP contribution is 2.35. The maximum atomic E-state index is 10.5. The molecule has 0 fully saturated rings. The highest BCUT2D eigenvalue weighted by Gasteiger charge is 2.35. The van der Waals surface area contributed by atoms with Crippen LogP contribution in [0.4, 0.5) is 4.79 Å². The third-order valence-corrected chi connectivity index (χ3v) is 3.60. The zero-order valence-electron chi connectivity index (χ0n) is 9.45. The summed E-state index contributed by atoms with van der Waals surface area (Å²) in [4.78, 5) is 14.7. The van der Waals surface area contributed by atoms with Crippen LogP contribution in [0.25, 0.3) is 0 Å². The number of rotatable bonds is 2. The van der Waals surface area contributed by atoms with Crippen molar-refractivity contribution in [2.75, 3.05) is 5.75 Å². The molecular formula is C11H11NO5S. The number of phenolic OH excluding ortho intramolecular Hbond substituents is 2. The number of aliphatic imine (C=N–C) groups is 1. The van der Waals surface area contributed by atoms with Crippen LogP contribution < -0.4 is 0 Å². The summed E-state index contributed by atoms with van der Waals surface area (Å²) < 4.78 is 4.69. The summed E-state index contributed by atoms with van der Waals surface area (Å²) in [5, 5.41) is 28.0. The largest absolute Gasteiger partial charge is 0.508 e. The number of carboxylic acid groups (broad SMARTS) is 1. The van der Waals surface area contributed by atoms with E-state index in [1.807, 2.05) is 0 Å². The van der Waals surface area contributed by atoms with Gasteiger partial charge in [0.15, 0.2) is 0 Å². The first kappa shape index (κ1) is 12.6. The SMILES string of the molecule is C[C@]1(OC(=O)O)CSC(c2ccc(O)cc2O)=N1. The monoisotopic (exact) mass is 269 g/mol. The van der Waals surface area contributed by atoms with Crippen molar-refractivity contribution in [3.8, 4) is 11.5 Å². The quantitative estimate of drug-likeness (QED) is 0.710. The van der Waals surface area contributed by atoms with E-state index < -0.39 is 11.9 Å². The summed E-state index contributed by atoms with van der Waals surface area (Å²) in [6.07, 6.45) is -1.39. The molecule has 0 saturated heterocycles. The zero-order valence-corrected chi connectivity index (χ0v) is 10.3. The number of ether oxygens (including phenoxy) is 1. The summed E-state index contributed by atoms with van der Waals surface area (Å²) in [6, 6.07) is 4.14. The van der Waals surface area contributed by atoms with E-state index in [9.17, 15) is 15.0 Å². The molecule has 1 aromatic rings. The molecule has 0 amide bonds. The van der Waals surface area contributed by atoms with Gasteiger partial charge in [0.25, 0.3) is 0 Å². The molecule has 18 heavy (non-hydrogen) atoms. The van der Waals surface area contributed by atoms with Crippen molar-refractivity contribution in [1.29, 1.82) is 0 Å². The fourth-order valence-corrected chi connectivity index (χ4v) is 2.67. The van der Waals surface area contributed by atoms with Gasteiger partial charge in [-0.05, 0) is 19.1 Å². The minimum Gasteiger partial charge on any atom is -0.508 e. The first-order chi connectivity index (χ1) is 8.39. The van der Waals surface area contributed by atoms with E-state index in [0.717, 1.165) is 0 Å². The highest BCUT2D eigenvalue weighted by molar-refractivity contribution is 8.14. The van der Waals surface area contributed by atoms with Gasteiger partial charge < -0.3 is 20.1 Å². The van der Waals surface area contributed by atoms with Crippen LogP contribution in [0.15, 0.2) is 23.2 Å². The van der Waals surface area contributed by atoms with Crippen molar-refractivity contribution >= 4 is 23.0 Å². The molecule has 7 heteroatoms. The van der Waals surface area contributed by atoms with E-state index in [2.05, 4.69) is 4.99 Å². The second kappa shape index (κ2) is 4.41. The minimum absolute atomic E-state index is 0.0515. The van der Waals surface area contributed by atoms with E-state index in [4.69, 9.17) is 9.84 Å². The van der Waals surface area contributed by atoms with Gasteiger partial charge in [-0.25, -0.2) is 9.79 Å². The first-order valence-corrected chi connectivity index (χ1v) is 6.05. The Labute approximate surface area is 107 Å². The van der Waals surface area contributed by atoms with Gasteiger partial charge in [0.1, 0.15) is 16.5 Å². The predicted octanol–water partition coefficient (Wildman–Crippen LogP) is 2.00. The van der Waals surface area contributed by atoms with Gasteiger partial charge in [-0.2, -0.15) is 0 Å². The first-order valence-electron chi connectivity index (χ1n) is 5.06. The normalized spacial score (nSPS) is 22.6. The third kappa shape index (κ3) is 2.51. The fraction of sp³-hybridized carbons (Fsp3) is 0.273. The molecule has 0 aromatic heterocycles. The predicted molar refractivity (Wildman–Crippen MR) is 66.3 cm³/mol. The molecular weight excluding hydrogens is 258 g/mol. The van der Waals surface area contributed by atoms with Crippen LogP contribution in [-0.2, 0) is 4.74 Å². The molecule has 0 aliphatic carbocycles. The Morgan fingerprint density at radius 1 is 1.50 bits per heavy atom. The number of thioether (sulfide) groups is 1. The van der Waals surface area contributed by atoms with Gasteiger partial charge >= 0.3 is 6.16 Å². The molecule has 3 N–H and O–H groups in total. The van der Waals surface area contributed by atoms with Crippen molar-refractivity contribution in [3.05, 3.63) is 23.8 Å². The minimum atomic E-state index is -1.39. The second-order valence-corrected chi connectivity index (χ2v) is 4.91. The molecule has 1 aliphatic heterocycles.